The molecule has 12 heavy (non-hydrogen) atoms. The lowest BCUT2D eigenvalue weighted by Gasteiger charge is -2.26. The Kier molecular flexibility index (Phi) is 5.14. The lowest BCUT2D eigenvalue weighted by molar-refractivity contribution is 0.324. The van der Waals surface area contributed by atoms with Gasteiger partial charge >= 0.3 is 0 Å². The average Bonchev–Trinajstić information content (AvgIpc) is 2.06. The highest BCUT2D eigenvalue weighted by Crippen LogP contribution is 2.57. The Bertz CT molecular complexity index is 167. The van der Waals surface area contributed by atoms with E-state index in [9.17, 15) is 0 Å². The van der Waals surface area contributed by atoms with Gasteiger partial charge in [0.1, 0.15) is 0 Å². The standard InChI is InChI=1S/C7H16NOPS2/c1-2-3-7-12-10(11)8-5-4-6-9-10/h2-7H2,1H3,(H,8,11)/t10-/m0/s1. The molecule has 1 aliphatic rings. The Morgan fingerprint density at radius 2 is 2.50 bits per heavy atom. The van der Waals surface area contributed by atoms with E-state index in [1.807, 2.05) is 11.4 Å². The molecule has 1 fully saturated rings. The van der Waals surface area contributed by atoms with Crippen LogP contribution in [-0.4, -0.2) is 18.9 Å². The molecule has 0 aliphatic carbocycles. The number of unbranched alkanes of at least 4 members (excludes halogenated alkanes) is 1. The Morgan fingerprint density at radius 1 is 1.67 bits per heavy atom. The van der Waals surface area contributed by atoms with Crippen molar-refractivity contribution in [3.63, 3.8) is 0 Å². The summed E-state index contributed by atoms with van der Waals surface area (Å²) in [5.74, 6) is 1.14. The molecule has 0 unspecified atom stereocenters. The average molecular weight is 225 g/mol. The van der Waals surface area contributed by atoms with Crippen LogP contribution in [0.4, 0.5) is 0 Å². The van der Waals surface area contributed by atoms with Gasteiger partial charge in [-0.25, -0.2) is 0 Å². The summed E-state index contributed by atoms with van der Waals surface area (Å²) in [6.45, 7) is 4.09. The van der Waals surface area contributed by atoms with Crippen molar-refractivity contribution in [2.24, 2.45) is 0 Å². The van der Waals surface area contributed by atoms with E-state index in [1.165, 1.54) is 12.8 Å². The molecule has 1 rings (SSSR count). The van der Waals surface area contributed by atoms with Crippen LogP contribution >= 0.6 is 17.0 Å². The van der Waals surface area contributed by atoms with Gasteiger partial charge in [0, 0.05) is 12.3 Å². The van der Waals surface area contributed by atoms with Crippen LogP contribution in [0.2, 0.25) is 0 Å². The van der Waals surface area contributed by atoms with Gasteiger partial charge in [-0.15, -0.1) is 0 Å². The lowest BCUT2D eigenvalue weighted by atomic mass is 10.4. The molecule has 0 aromatic rings. The van der Waals surface area contributed by atoms with E-state index in [4.69, 9.17) is 16.3 Å². The summed E-state index contributed by atoms with van der Waals surface area (Å²) in [6, 6.07) is 0. The normalized spacial score (nSPS) is 30.4. The predicted octanol–water partition coefficient (Wildman–Crippen LogP) is 2.75. The van der Waals surface area contributed by atoms with Crippen molar-refractivity contribution in [1.29, 1.82) is 0 Å². The molecule has 1 heterocycles. The van der Waals surface area contributed by atoms with Crippen molar-refractivity contribution in [1.82, 2.24) is 5.09 Å². The van der Waals surface area contributed by atoms with Crippen molar-refractivity contribution in [2.45, 2.75) is 26.2 Å². The maximum Gasteiger partial charge on any atom is 0.185 e. The molecule has 0 amide bonds. The minimum Gasteiger partial charge on any atom is -0.330 e. The number of nitrogens with one attached hydrogen (secondary N) is 1. The fourth-order valence-corrected chi connectivity index (χ4v) is 5.92. The second-order valence-electron chi connectivity index (χ2n) is 2.78. The third kappa shape index (κ3) is 3.75. The van der Waals surface area contributed by atoms with Crippen LogP contribution in [0.25, 0.3) is 0 Å². The van der Waals surface area contributed by atoms with Crippen molar-refractivity contribution in [3.05, 3.63) is 0 Å². The molecule has 0 spiro atoms. The molecule has 0 aromatic heterocycles. The van der Waals surface area contributed by atoms with Crippen molar-refractivity contribution >= 4 is 28.8 Å². The van der Waals surface area contributed by atoms with E-state index in [2.05, 4.69) is 12.0 Å². The molecule has 0 bridgehead atoms. The monoisotopic (exact) mass is 225 g/mol. The zero-order chi connectivity index (χ0) is 8.86. The summed E-state index contributed by atoms with van der Waals surface area (Å²) < 4.78 is 5.59. The fraction of sp³-hybridized carbons (Fsp3) is 1.00. The van der Waals surface area contributed by atoms with Gasteiger partial charge in [0.05, 0.1) is 6.61 Å². The Balaban J connectivity index is 2.22. The summed E-state index contributed by atoms with van der Waals surface area (Å²) in [6.07, 6.45) is 3.59. The van der Waals surface area contributed by atoms with Crippen molar-refractivity contribution in [2.75, 3.05) is 18.9 Å². The van der Waals surface area contributed by atoms with Crippen LogP contribution in [0.3, 0.4) is 0 Å². The minimum absolute atomic E-state index is 0.851. The quantitative estimate of drug-likeness (QED) is 0.586. The molecule has 2 nitrogen and oxygen atoms in total. The molecule has 0 radical (unpaired) electrons. The largest absolute Gasteiger partial charge is 0.330 e. The van der Waals surface area contributed by atoms with Gasteiger partial charge in [-0.3, -0.25) is 5.09 Å². The molecule has 5 heteroatoms. The summed E-state index contributed by atoms with van der Waals surface area (Å²) in [7, 11) is 0. The Labute approximate surface area is 83.7 Å². The molecule has 0 aromatic carbocycles. The molecule has 1 N–H and O–H groups in total. The topological polar surface area (TPSA) is 21.3 Å². The van der Waals surface area contributed by atoms with Gasteiger partial charge in [-0.05, 0) is 24.6 Å². The van der Waals surface area contributed by atoms with Gasteiger partial charge in [0.15, 0.2) is 5.62 Å². The smallest absolute Gasteiger partial charge is 0.185 e. The summed E-state index contributed by atoms with van der Waals surface area (Å²) >= 11 is 7.22. The van der Waals surface area contributed by atoms with E-state index in [0.717, 1.165) is 25.3 Å². The molecule has 1 atom stereocenters. The number of hydrogen-bond donors (Lipinski definition) is 1. The third-order valence-electron chi connectivity index (χ3n) is 1.65. The van der Waals surface area contributed by atoms with Crippen LogP contribution in [0.1, 0.15) is 26.2 Å². The molecular formula is C7H16NOPS2. The van der Waals surface area contributed by atoms with Crippen LogP contribution in [0.5, 0.6) is 0 Å². The van der Waals surface area contributed by atoms with Gasteiger partial charge in [0.25, 0.3) is 0 Å². The van der Waals surface area contributed by atoms with E-state index in [1.54, 1.807) is 0 Å². The highest BCUT2D eigenvalue weighted by Gasteiger charge is 2.20. The van der Waals surface area contributed by atoms with Gasteiger partial charge in [-0.2, -0.15) is 0 Å². The Hall–Kier alpha value is 0.920. The molecule has 1 saturated heterocycles. The SMILES string of the molecule is CCCCS[P@@]1(=S)NCCCO1. The van der Waals surface area contributed by atoms with Gasteiger partial charge < -0.3 is 4.52 Å². The van der Waals surface area contributed by atoms with Crippen LogP contribution in [0.15, 0.2) is 0 Å². The molecule has 1 aliphatic heterocycles. The highest BCUT2D eigenvalue weighted by molar-refractivity contribution is 8.68. The molecule has 72 valence electrons. The van der Waals surface area contributed by atoms with Crippen LogP contribution in [0, 0.1) is 0 Å². The minimum atomic E-state index is -1.64. The number of hydrogen-bond acceptors (Lipinski definition) is 3. The van der Waals surface area contributed by atoms with E-state index in [0.29, 0.717) is 0 Å². The van der Waals surface area contributed by atoms with Gasteiger partial charge in [0.2, 0.25) is 0 Å². The molecule has 0 saturated carbocycles. The molecular weight excluding hydrogens is 209 g/mol. The van der Waals surface area contributed by atoms with Crippen molar-refractivity contribution in [3.8, 4) is 0 Å². The summed E-state index contributed by atoms with van der Waals surface area (Å²) in [5, 5.41) is 3.32. The van der Waals surface area contributed by atoms with E-state index < -0.39 is 5.62 Å². The zero-order valence-corrected chi connectivity index (χ0v) is 9.94. The first-order valence-corrected chi connectivity index (χ1v) is 8.72. The lowest BCUT2D eigenvalue weighted by Crippen LogP contribution is -2.19. The maximum atomic E-state index is 5.59. The first kappa shape index (κ1) is 11.0. The first-order valence-electron chi connectivity index (χ1n) is 4.41. The third-order valence-corrected chi connectivity index (χ3v) is 7.51. The van der Waals surface area contributed by atoms with Crippen LogP contribution in [-0.2, 0) is 16.3 Å². The zero-order valence-electron chi connectivity index (χ0n) is 7.41. The van der Waals surface area contributed by atoms with E-state index in [-0.39, 0.29) is 0 Å². The van der Waals surface area contributed by atoms with Gasteiger partial charge in [-0.1, -0.05) is 24.7 Å². The van der Waals surface area contributed by atoms with E-state index >= 15 is 0 Å². The summed E-state index contributed by atoms with van der Waals surface area (Å²) in [4.78, 5) is 0. The predicted molar refractivity (Wildman–Crippen MR) is 60.2 cm³/mol. The fourth-order valence-electron chi connectivity index (χ4n) is 0.931. The first-order chi connectivity index (χ1) is 5.77. The van der Waals surface area contributed by atoms with Crippen molar-refractivity contribution < 1.29 is 4.52 Å². The second-order valence-corrected chi connectivity index (χ2v) is 9.57. The van der Waals surface area contributed by atoms with Crippen LogP contribution < -0.4 is 5.09 Å². The second kappa shape index (κ2) is 5.61. The highest BCUT2D eigenvalue weighted by atomic mass is 32.9. The maximum absolute atomic E-state index is 5.59. The summed E-state index contributed by atoms with van der Waals surface area (Å²) in [5.41, 5.74) is -1.64. The Morgan fingerprint density at radius 3 is 3.08 bits per heavy atom. The number of rotatable bonds is 4.